The molecule has 3 nitrogen and oxygen atoms in total. The molecule has 1 aromatic heterocycles. The molecule has 1 unspecified atom stereocenters. The van der Waals surface area contributed by atoms with Gasteiger partial charge >= 0.3 is 0 Å². The van der Waals surface area contributed by atoms with Gasteiger partial charge in [-0.15, -0.1) is 11.3 Å². The van der Waals surface area contributed by atoms with Gasteiger partial charge in [0.15, 0.2) is 17.4 Å². The first kappa shape index (κ1) is 19.7. The molecule has 2 aliphatic rings. The first-order valence-corrected chi connectivity index (χ1v) is 10.8. The van der Waals surface area contributed by atoms with Crippen molar-refractivity contribution < 1.29 is 13.6 Å². The Morgan fingerprint density at radius 1 is 1.04 bits per heavy atom. The quantitative estimate of drug-likeness (QED) is 0.674. The van der Waals surface area contributed by atoms with Crippen LogP contribution in [0.4, 0.5) is 8.78 Å². The average molecular weight is 405 g/mol. The highest BCUT2D eigenvalue weighted by Crippen LogP contribution is 2.40. The summed E-state index contributed by atoms with van der Waals surface area (Å²) in [6, 6.07) is 6.25. The zero-order chi connectivity index (χ0) is 19.7. The lowest BCUT2D eigenvalue weighted by Gasteiger charge is -2.40. The number of Topliss-reactive ketones (excluding diaryl/α,β-unsaturated/α-hetero) is 1. The number of piperidine rings is 1. The lowest BCUT2D eigenvalue weighted by atomic mass is 9.79. The molecule has 2 aromatic rings. The summed E-state index contributed by atoms with van der Waals surface area (Å²) in [5, 5.41) is 2.10. The fourth-order valence-corrected chi connectivity index (χ4v) is 5.54. The van der Waals surface area contributed by atoms with Crippen LogP contribution in [0.15, 0.2) is 29.6 Å². The number of nitrogens with zero attached hydrogens (tertiary/aromatic N) is 2. The van der Waals surface area contributed by atoms with Crippen LogP contribution in [0, 0.1) is 17.0 Å². The molecule has 2 saturated heterocycles. The molecule has 0 N–H and O–H groups in total. The summed E-state index contributed by atoms with van der Waals surface area (Å²) in [5.74, 6) is -1.42. The van der Waals surface area contributed by atoms with Crippen LogP contribution >= 0.6 is 11.3 Å². The van der Waals surface area contributed by atoms with Crippen molar-refractivity contribution in [2.24, 2.45) is 5.41 Å². The van der Waals surface area contributed by atoms with Gasteiger partial charge in [-0.1, -0.05) is 6.07 Å². The summed E-state index contributed by atoms with van der Waals surface area (Å²) >= 11 is 1.53. The van der Waals surface area contributed by atoms with E-state index in [1.807, 2.05) is 6.07 Å². The molecule has 0 saturated carbocycles. The Balaban J connectivity index is 1.36. The van der Waals surface area contributed by atoms with Crippen LogP contribution < -0.4 is 0 Å². The molecule has 6 heteroatoms. The summed E-state index contributed by atoms with van der Waals surface area (Å²) in [6.45, 7) is 7.33. The van der Waals surface area contributed by atoms with Gasteiger partial charge in [0.1, 0.15) is 0 Å². The van der Waals surface area contributed by atoms with Crippen LogP contribution in [0.5, 0.6) is 0 Å². The maximum atomic E-state index is 13.5. The molecule has 150 valence electrons. The van der Waals surface area contributed by atoms with E-state index in [-0.39, 0.29) is 11.2 Å². The van der Waals surface area contributed by atoms with Crippen molar-refractivity contribution in [3.8, 4) is 0 Å². The number of benzene rings is 1. The number of rotatable bonds is 5. The second kappa shape index (κ2) is 8.01. The van der Waals surface area contributed by atoms with Gasteiger partial charge in [0.25, 0.3) is 0 Å². The van der Waals surface area contributed by atoms with E-state index in [4.69, 9.17) is 0 Å². The fourth-order valence-electron chi connectivity index (χ4n) is 4.74. The Kier molecular flexibility index (Phi) is 5.63. The average Bonchev–Trinajstić information content (AvgIpc) is 3.26. The number of likely N-dealkylation sites (tertiary alicyclic amines) is 2. The van der Waals surface area contributed by atoms with Crippen molar-refractivity contribution in [2.45, 2.75) is 39.3 Å². The molecule has 0 amide bonds. The molecule has 1 atom stereocenters. The van der Waals surface area contributed by atoms with Crippen molar-refractivity contribution in [3.63, 3.8) is 0 Å². The maximum absolute atomic E-state index is 13.5. The third-order valence-corrected chi connectivity index (χ3v) is 7.13. The van der Waals surface area contributed by atoms with E-state index in [1.54, 1.807) is 13.0 Å². The summed E-state index contributed by atoms with van der Waals surface area (Å²) in [4.78, 5) is 17.2. The second-order valence-electron chi connectivity index (χ2n) is 8.40. The Bertz CT molecular complexity index is 868. The molecule has 0 aliphatic carbocycles. The molecule has 3 heterocycles. The van der Waals surface area contributed by atoms with Gasteiger partial charge in [-0.3, -0.25) is 14.6 Å². The third kappa shape index (κ3) is 4.34. The molecule has 28 heavy (non-hydrogen) atoms. The van der Waals surface area contributed by atoms with E-state index in [2.05, 4.69) is 15.2 Å². The SMILES string of the molecule is CC(=O)c1cc(CN2CCC3(CCCN(Cc4ccc(F)c(F)c4)C3)C2)cs1. The number of halogens is 2. The predicted octanol–water partition coefficient (Wildman–Crippen LogP) is 4.72. The van der Waals surface area contributed by atoms with Crippen LogP contribution in [0.3, 0.4) is 0 Å². The van der Waals surface area contributed by atoms with Crippen molar-refractivity contribution in [2.75, 3.05) is 26.2 Å². The highest BCUT2D eigenvalue weighted by atomic mass is 32.1. The largest absolute Gasteiger partial charge is 0.298 e. The standard InChI is InChI=1S/C22H26F2N2OS/c1-16(27)21-10-18(13-28-21)12-26-8-6-22(15-26)5-2-7-25(14-22)11-17-3-4-19(23)20(24)9-17/h3-4,9-10,13H,2,5-8,11-12,14-15H2,1H3. The van der Waals surface area contributed by atoms with Gasteiger partial charge in [-0.2, -0.15) is 0 Å². The van der Waals surface area contributed by atoms with Crippen LogP contribution in [0.1, 0.15) is 47.0 Å². The van der Waals surface area contributed by atoms with Gasteiger partial charge in [0, 0.05) is 26.2 Å². The van der Waals surface area contributed by atoms with Gasteiger partial charge in [-0.25, -0.2) is 8.78 Å². The normalized spacial score (nSPS) is 23.5. The summed E-state index contributed by atoms with van der Waals surface area (Å²) in [7, 11) is 0. The Morgan fingerprint density at radius 2 is 1.79 bits per heavy atom. The highest BCUT2D eigenvalue weighted by molar-refractivity contribution is 7.12. The van der Waals surface area contributed by atoms with Gasteiger partial charge in [-0.05, 0) is 79.4 Å². The van der Waals surface area contributed by atoms with Crippen LogP contribution in [0.2, 0.25) is 0 Å². The van der Waals surface area contributed by atoms with Crippen LogP contribution in [0.25, 0.3) is 0 Å². The highest BCUT2D eigenvalue weighted by Gasteiger charge is 2.41. The smallest absolute Gasteiger partial charge is 0.169 e. The van der Waals surface area contributed by atoms with E-state index in [0.717, 1.165) is 49.6 Å². The molecule has 1 spiro atoms. The Hall–Kier alpha value is -1.63. The minimum atomic E-state index is -0.786. The summed E-state index contributed by atoms with van der Waals surface area (Å²) in [6.07, 6.45) is 3.54. The maximum Gasteiger partial charge on any atom is 0.169 e. The third-order valence-electron chi connectivity index (χ3n) is 6.05. The van der Waals surface area contributed by atoms with Crippen molar-refractivity contribution in [1.29, 1.82) is 0 Å². The van der Waals surface area contributed by atoms with E-state index in [0.29, 0.717) is 6.54 Å². The van der Waals surface area contributed by atoms with E-state index in [1.165, 1.54) is 41.9 Å². The number of hydrogen-bond acceptors (Lipinski definition) is 4. The van der Waals surface area contributed by atoms with Gasteiger partial charge < -0.3 is 0 Å². The summed E-state index contributed by atoms with van der Waals surface area (Å²) in [5.41, 5.74) is 2.35. The monoisotopic (exact) mass is 404 g/mol. The minimum absolute atomic E-state index is 0.134. The molecule has 2 aliphatic heterocycles. The zero-order valence-electron chi connectivity index (χ0n) is 16.2. The molecule has 0 bridgehead atoms. The van der Waals surface area contributed by atoms with Crippen LogP contribution in [-0.2, 0) is 13.1 Å². The number of hydrogen-bond donors (Lipinski definition) is 0. The number of thiophene rings is 1. The zero-order valence-corrected chi connectivity index (χ0v) is 17.0. The molecular weight excluding hydrogens is 378 g/mol. The number of ketones is 1. The lowest BCUT2D eigenvalue weighted by Crippen LogP contribution is -2.44. The van der Waals surface area contributed by atoms with Crippen molar-refractivity contribution in [1.82, 2.24) is 9.80 Å². The number of carbonyl (C=O) groups excluding carboxylic acids is 1. The Labute approximate surface area is 169 Å². The van der Waals surface area contributed by atoms with Gasteiger partial charge in [0.2, 0.25) is 0 Å². The summed E-state index contributed by atoms with van der Waals surface area (Å²) < 4.78 is 26.7. The van der Waals surface area contributed by atoms with E-state index < -0.39 is 11.6 Å². The van der Waals surface area contributed by atoms with Crippen molar-refractivity contribution >= 4 is 17.1 Å². The van der Waals surface area contributed by atoms with E-state index in [9.17, 15) is 13.6 Å². The molecule has 2 fully saturated rings. The van der Waals surface area contributed by atoms with Crippen LogP contribution in [-0.4, -0.2) is 41.8 Å². The van der Waals surface area contributed by atoms with E-state index >= 15 is 0 Å². The molecule has 1 aromatic carbocycles. The first-order valence-electron chi connectivity index (χ1n) is 9.89. The minimum Gasteiger partial charge on any atom is -0.298 e. The molecular formula is C22H26F2N2OS. The molecule has 4 rings (SSSR count). The fraction of sp³-hybridized carbons (Fsp3) is 0.500. The van der Waals surface area contributed by atoms with Crippen molar-refractivity contribution in [3.05, 3.63) is 57.3 Å². The Morgan fingerprint density at radius 3 is 2.50 bits per heavy atom. The topological polar surface area (TPSA) is 23.6 Å². The lowest BCUT2D eigenvalue weighted by molar-refractivity contribution is 0.0865. The predicted molar refractivity (Wildman–Crippen MR) is 108 cm³/mol. The van der Waals surface area contributed by atoms with Gasteiger partial charge in [0.05, 0.1) is 4.88 Å². The molecule has 0 radical (unpaired) electrons. The second-order valence-corrected chi connectivity index (χ2v) is 9.31. The number of carbonyl (C=O) groups is 1. The first-order chi connectivity index (χ1) is 13.4.